The second-order valence-corrected chi connectivity index (χ2v) is 11.9. The fourth-order valence-electron chi connectivity index (χ4n) is 5.67. The summed E-state index contributed by atoms with van der Waals surface area (Å²) >= 11 is 5.97. The van der Waals surface area contributed by atoms with Gasteiger partial charge in [-0.05, 0) is 59.7 Å². The molecule has 3 aromatic carbocycles. The number of guanidine groups is 1. The van der Waals surface area contributed by atoms with Gasteiger partial charge < -0.3 is 37.6 Å². The van der Waals surface area contributed by atoms with Crippen LogP contribution in [0.3, 0.4) is 0 Å². The topological polar surface area (TPSA) is 178 Å². The summed E-state index contributed by atoms with van der Waals surface area (Å²) in [4.78, 5) is 41.9. The van der Waals surface area contributed by atoms with Crippen LogP contribution in [-0.4, -0.2) is 79.4 Å². The Bertz CT molecular complexity index is 1480. The standard InChI is InChI=1S/C33H43ClN8O3/c1-38-31(44)29(19-22-8-11-23-5-2-3-6-24(23)17-22)42-16-14-26(41-28(32(42)45)7-4-15-39-33(36)37)20-40-30(43)27(35)18-21-9-12-25(34)13-10-21/h2-3,5-6,8-13,17,26-29,41H,4,7,14-16,18-20,35H2,1H3,(H,38,44)(H,40,43)(H4,36,37,39)/t26-,27+,28+,29+/m1/s1. The Balaban J connectivity index is 1.48. The average molecular weight is 635 g/mol. The Morgan fingerprint density at radius 2 is 1.73 bits per heavy atom. The summed E-state index contributed by atoms with van der Waals surface area (Å²) in [6, 6.07) is 19.0. The van der Waals surface area contributed by atoms with Crippen molar-refractivity contribution in [1.29, 1.82) is 5.41 Å². The van der Waals surface area contributed by atoms with Gasteiger partial charge in [0.1, 0.15) is 6.04 Å². The maximum absolute atomic E-state index is 14.0. The van der Waals surface area contributed by atoms with Crippen LogP contribution < -0.4 is 32.7 Å². The molecule has 0 saturated carbocycles. The number of nitrogens with one attached hydrogen (secondary N) is 5. The molecule has 240 valence electrons. The van der Waals surface area contributed by atoms with E-state index in [-0.39, 0.29) is 36.3 Å². The maximum atomic E-state index is 14.0. The van der Waals surface area contributed by atoms with E-state index in [1.165, 1.54) is 0 Å². The van der Waals surface area contributed by atoms with E-state index in [1.807, 2.05) is 48.5 Å². The van der Waals surface area contributed by atoms with E-state index < -0.39 is 18.1 Å². The molecule has 4 atom stereocenters. The lowest BCUT2D eigenvalue weighted by Crippen LogP contribution is -2.54. The molecular formula is C33H43ClN8O3. The van der Waals surface area contributed by atoms with E-state index in [0.29, 0.717) is 50.2 Å². The molecule has 9 N–H and O–H groups in total. The van der Waals surface area contributed by atoms with Gasteiger partial charge in [-0.1, -0.05) is 66.2 Å². The minimum absolute atomic E-state index is 0.137. The van der Waals surface area contributed by atoms with Gasteiger partial charge in [0, 0.05) is 44.2 Å². The zero-order chi connectivity index (χ0) is 32.3. The van der Waals surface area contributed by atoms with Crippen LogP contribution in [0.2, 0.25) is 5.02 Å². The van der Waals surface area contributed by atoms with Gasteiger partial charge in [-0.25, -0.2) is 0 Å². The molecule has 1 aliphatic heterocycles. The zero-order valence-corrected chi connectivity index (χ0v) is 26.3. The highest BCUT2D eigenvalue weighted by Crippen LogP contribution is 2.21. The number of nitrogens with two attached hydrogens (primary N) is 2. The van der Waals surface area contributed by atoms with E-state index >= 15 is 0 Å². The van der Waals surface area contributed by atoms with Gasteiger partial charge >= 0.3 is 0 Å². The van der Waals surface area contributed by atoms with E-state index in [4.69, 9.17) is 28.5 Å². The highest BCUT2D eigenvalue weighted by Gasteiger charge is 2.37. The summed E-state index contributed by atoms with van der Waals surface area (Å²) in [6.45, 7) is 1.03. The maximum Gasteiger partial charge on any atom is 0.242 e. The first-order valence-corrected chi connectivity index (χ1v) is 15.6. The van der Waals surface area contributed by atoms with Gasteiger partial charge in [-0.3, -0.25) is 19.8 Å². The molecule has 0 unspecified atom stereocenters. The molecule has 1 saturated heterocycles. The summed E-state index contributed by atoms with van der Waals surface area (Å²) in [6.07, 6.45) is 2.26. The molecule has 1 fully saturated rings. The Labute approximate surface area is 268 Å². The van der Waals surface area contributed by atoms with Crippen LogP contribution in [0.4, 0.5) is 0 Å². The van der Waals surface area contributed by atoms with Crippen LogP contribution in [-0.2, 0) is 27.2 Å². The Hall–Kier alpha value is -4.19. The summed E-state index contributed by atoms with van der Waals surface area (Å²) in [5.41, 5.74) is 13.5. The van der Waals surface area contributed by atoms with Gasteiger partial charge in [-0.2, -0.15) is 0 Å². The van der Waals surface area contributed by atoms with Crippen LogP contribution in [0.25, 0.3) is 10.8 Å². The van der Waals surface area contributed by atoms with E-state index in [9.17, 15) is 14.4 Å². The third-order valence-corrected chi connectivity index (χ3v) is 8.37. The van der Waals surface area contributed by atoms with Crippen molar-refractivity contribution in [3.63, 3.8) is 0 Å². The highest BCUT2D eigenvalue weighted by molar-refractivity contribution is 6.30. The normalized spacial score (nSPS) is 18.1. The fourth-order valence-corrected chi connectivity index (χ4v) is 5.80. The predicted molar refractivity (Wildman–Crippen MR) is 178 cm³/mol. The van der Waals surface area contributed by atoms with Crippen molar-refractivity contribution >= 4 is 46.1 Å². The van der Waals surface area contributed by atoms with Gasteiger partial charge in [0.15, 0.2) is 5.96 Å². The number of carbonyl (C=O) groups excluding carboxylic acids is 3. The van der Waals surface area contributed by atoms with E-state index in [0.717, 1.165) is 21.9 Å². The SMILES string of the molecule is CNC(=O)[C@H](Cc1ccc2ccccc2c1)N1CC[C@H](CNC(=O)[C@@H](N)Cc2ccc(Cl)cc2)N[C@@H](CCCNC(=N)N)C1=O. The lowest BCUT2D eigenvalue weighted by atomic mass is 9.99. The predicted octanol–water partition coefficient (Wildman–Crippen LogP) is 1.66. The first kappa shape index (κ1) is 33.7. The number of benzene rings is 3. The van der Waals surface area contributed by atoms with Crippen LogP contribution in [0.15, 0.2) is 66.7 Å². The van der Waals surface area contributed by atoms with Crippen molar-refractivity contribution in [2.24, 2.45) is 11.5 Å². The largest absolute Gasteiger partial charge is 0.370 e. The first-order chi connectivity index (χ1) is 21.6. The Kier molecular flexibility index (Phi) is 12.1. The second-order valence-electron chi connectivity index (χ2n) is 11.4. The molecular weight excluding hydrogens is 592 g/mol. The number of fused-ring (bicyclic) bond motifs is 1. The summed E-state index contributed by atoms with van der Waals surface area (Å²) in [5, 5.41) is 22.1. The van der Waals surface area contributed by atoms with Gasteiger partial charge in [0.2, 0.25) is 17.7 Å². The molecule has 0 aromatic heterocycles. The van der Waals surface area contributed by atoms with Crippen LogP contribution >= 0.6 is 11.6 Å². The molecule has 1 aliphatic rings. The molecule has 11 nitrogen and oxygen atoms in total. The minimum atomic E-state index is -0.747. The molecule has 1 heterocycles. The van der Waals surface area contributed by atoms with Crippen molar-refractivity contribution in [3.05, 3.63) is 82.9 Å². The molecule has 0 spiro atoms. The quantitative estimate of drug-likeness (QED) is 0.0849. The third kappa shape index (κ3) is 9.65. The van der Waals surface area contributed by atoms with Crippen LogP contribution in [0.1, 0.15) is 30.4 Å². The minimum Gasteiger partial charge on any atom is -0.370 e. The van der Waals surface area contributed by atoms with E-state index in [1.54, 1.807) is 24.1 Å². The van der Waals surface area contributed by atoms with Crippen molar-refractivity contribution in [2.75, 3.05) is 26.7 Å². The van der Waals surface area contributed by atoms with Crippen LogP contribution in [0.5, 0.6) is 0 Å². The molecule has 0 bridgehead atoms. The van der Waals surface area contributed by atoms with Crippen molar-refractivity contribution in [1.82, 2.24) is 26.2 Å². The highest BCUT2D eigenvalue weighted by atomic mass is 35.5. The van der Waals surface area contributed by atoms with Gasteiger partial charge in [0.05, 0.1) is 12.1 Å². The first-order valence-electron chi connectivity index (χ1n) is 15.3. The molecule has 4 rings (SSSR count). The zero-order valence-electron chi connectivity index (χ0n) is 25.5. The number of rotatable bonds is 13. The average Bonchev–Trinajstić information content (AvgIpc) is 3.19. The molecule has 0 radical (unpaired) electrons. The number of likely N-dealkylation sites (N-methyl/N-ethyl adjacent to an activating group) is 1. The fraction of sp³-hybridized carbons (Fsp3) is 0.394. The monoisotopic (exact) mass is 634 g/mol. The Morgan fingerprint density at radius 1 is 1.02 bits per heavy atom. The molecule has 3 aromatic rings. The lowest BCUT2D eigenvalue weighted by Gasteiger charge is -2.31. The van der Waals surface area contributed by atoms with Crippen molar-refractivity contribution < 1.29 is 14.4 Å². The summed E-state index contributed by atoms with van der Waals surface area (Å²) < 4.78 is 0. The molecule has 45 heavy (non-hydrogen) atoms. The number of amides is 3. The molecule has 0 aliphatic carbocycles. The van der Waals surface area contributed by atoms with Crippen molar-refractivity contribution in [2.45, 2.75) is 56.3 Å². The summed E-state index contributed by atoms with van der Waals surface area (Å²) in [5.74, 6) is -0.850. The number of halogens is 1. The van der Waals surface area contributed by atoms with Crippen LogP contribution in [0, 0.1) is 5.41 Å². The molecule has 12 heteroatoms. The Morgan fingerprint density at radius 3 is 2.44 bits per heavy atom. The van der Waals surface area contributed by atoms with Gasteiger partial charge in [0.25, 0.3) is 0 Å². The second kappa shape index (κ2) is 16.2. The number of carbonyl (C=O) groups is 3. The van der Waals surface area contributed by atoms with E-state index in [2.05, 4.69) is 27.3 Å². The summed E-state index contributed by atoms with van der Waals surface area (Å²) in [7, 11) is 1.58. The molecule has 3 amide bonds. The smallest absolute Gasteiger partial charge is 0.242 e. The third-order valence-electron chi connectivity index (χ3n) is 8.12. The number of nitrogens with zero attached hydrogens (tertiary/aromatic N) is 1. The number of hydrogen-bond acceptors (Lipinski definition) is 6. The lowest BCUT2D eigenvalue weighted by molar-refractivity contribution is -0.141. The number of hydrogen-bond donors (Lipinski definition) is 7. The van der Waals surface area contributed by atoms with Crippen molar-refractivity contribution in [3.8, 4) is 0 Å². The van der Waals surface area contributed by atoms with Gasteiger partial charge in [-0.15, -0.1) is 0 Å².